The lowest BCUT2D eigenvalue weighted by molar-refractivity contribution is -0.109. The van der Waals surface area contributed by atoms with Crippen LogP contribution >= 0.6 is 11.6 Å². The molecule has 3 aromatic rings. The molecule has 5 rings (SSSR count). The molecule has 0 radical (unpaired) electrons. The van der Waals surface area contributed by atoms with Crippen LogP contribution in [0.5, 0.6) is 5.75 Å². The van der Waals surface area contributed by atoms with Crippen LogP contribution in [0.1, 0.15) is 78.9 Å². The molecule has 6 unspecified atom stereocenters. The molecule has 1 saturated heterocycles. The Kier molecular flexibility index (Phi) is 9.82. The summed E-state index contributed by atoms with van der Waals surface area (Å²) in [5.41, 5.74) is 5.72. The molecule has 6 atom stereocenters. The van der Waals surface area contributed by atoms with Crippen molar-refractivity contribution in [1.82, 2.24) is 0 Å². The Labute approximate surface area is 243 Å². The van der Waals surface area contributed by atoms with Crippen LogP contribution < -0.4 is 4.74 Å². The van der Waals surface area contributed by atoms with E-state index in [1.807, 2.05) is 31.2 Å². The van der Waals surface area contributed by atoms with Crippen molar-refractivity contribution in [3.05, 3.63) is 99.6 Å². The Hall–Kier alpha value is -2.41. The molecular formula is C34H41ClO5. The minimum absolute atomic E-state index is 0.0305. The second-order valence-electron chi connectivity index (χ2n) is 11.3. The van der Waals surface area contributed by atoms with E-state index in [-0.39, 0.29) is 18.3 Å². The lowest BCUT2D eigenvalue weighted by Crippen LogP contribution is -2.36. The zero-order chi connectivity index (χ0) is 28.1. The van der Waals surface area contributed by atoms with Crippen LogP contribution in [0, 0.1) is 5.92 Å². The van der Waals surface area contributed by atoms with E-state index in [2.05, 4.69) is 42.5 Å². The highest BCUT2D eigenvalue weighted by atomic mass is 35.5. The van der Waals surface area contributed by atoms with Gasteiger partial charge in [-0.15, -0.1) is 0 Å². The van der Waals surface area contributed by atoms with Crippen molar-refractivity contribution in [2.24, 2.45) is 5.92 Å². The lowest BCUT2D eigenvalue weighted by Gasteiger charge is -2.42. The van der Waals surface area contributed by atoms with Gasteiger partial charge in [-0.25, -0.2) is 0 Å². The second kappa shape index (κ2) is 13.5. The van der Waals surface area contributed by atoms with Gasteiger partial charge < -0.3 is 24.4 Å². The molecule has 2 fully saturated rings. The molecule has 0 bridgehead atoms. The molecule has 2 N–H and O–H groups in total. The summed E-state index contributed by atoms with van der Waals surface area (Å²) < 4.78 is 17.2. The minimum Gasteiger partial charge on any atom is -0.494 e. The normalized spacial score (nSPS) is 25.3. The van der Waals surface area contributed by atoms with E-state index in [1.54, 1.807) is 0 Å². The molecule has 2 aliphatic rings. The van der Waals surface area contributed by atoms with E-state index in [0.717, 1.165) is 40.3 Å². The summed E-state index contributed by atoms with van der Waals surface area (Å²) >= 11 is 6.60. The Bertz CT molecular complexity index is 1230. The van der Waals surface area contributed by atoms with Gasteiger partial charge in [0.25, 0.3) is 0 Å². The van der Waals surface area contributed by atoms with Crippen molar-refractivity contribution in [3.63, 3.8) is 0 Å². The predicted octanol–water partition coefficient (Wildman–Crippen LogP) is 7.00. The summed E-state index contributed by atoms with van der Waals surface area (Å²) in [6.45, 7) is 2.63. The fourth-order valence-electron chi connectivity index (χ4n) is 6.19. The fourth-order valence-corrected chi connectivity index (χ4v) is 6.38. The standard InChI is InChI=1S/C34H41ClO5/c1-3-39-29-12-6-22(7-13-29)16-27-18-26(11-15-32(27)35)33-21-28(36)20-30(40-33)19-25-10-14-31(25)24-8-4-23(5-9-24)17-34(37)38-2/h4-9,11-13,15,18,25,28,30-31,33-34,36-37H,3,10,14,16-17,19-21H2,1-2H3. The zero-order valence-corrected chi connectivity index (χ0v) is 24.2. The molecule has 6 heteroatoms. The molecule has 1 aliphatic carbocycles. The highest BCUT2D eigenvalue weighted by Gasteiger charge is 2.37. The van der Waals surface area contributed by atoms with E-state index in [1.165, 1.54) is 31.1 Å². The first kappa shape index (κ1) is 29.1. The predicted molar refractivity (Wildman–Crippen MR) is 158 cm³/mol. The monoisotopic (exact) mass is 564 g/mol. The quantitative estimate of drug-likeness (QED) is 0.245. The Balaban J connectivity index is 1.21. The number of halogens is 1. The molecule has 0 spiro atoms. The molecule has 0 aromatic heterocycles. The van der Waals surface area contributed by atoms with Crippen LogP contribution in [-0.2, 0) is 22.3 Å². The summed E-state index contributed by atoms with van der Waals surface area (Å²) in [6, 6.07) is 22.9. The number of benzene rings is 3. The van der Waals surface area contributed by atoms with Crippen molar-refractivity contribution < 1.29 is 24.4 Å². The molecular weight excluding hydrogens is 524 g/mol. The summed E-state index contributed by atoms with van der Waals surface area (Å²) in [6.07, 6.45) is 4.56. The van der Waals surface area contributed by atoms with Gasteiger partial charge in [-0.2, -0.15) is 0 Å². The number of rotatable bonds is 11. The van der Waals surface area contributed by atoms with Crippen LogP contribution in [0.3, 0.4) is 0 Å². The van der Waals surface area contributed by atoms with Gasteiger partial charge in [0.15, 0.2) is 6.29 Å². The van der Waals surface area contributed by atoms with Gasteiger partial charge >= 0.3 is 0 Å². The molecule has 1 heterocycles. The first-order valence-corrected chi connectivity index (χ1v) is 14.9. The van der Waals surface area contributed by atoms with E-state index < -0.39 is 6.29 Å². The largest absolute Gasteiger partial charge is 0.494 e. The molecule has 1 saturated carbocycles. The number of methoxy groups -OCH3 is 1. The number of hydrogen-bond acceptors (Lipinski definition) is 5. The SMILES string of the molecule is CCOc1ccc(Cc2cc(C3CC(O)CC(CC4CCC4c4ccc(CC(O)OC)cc4)O3)ccc2Cl)cc1. The molecule has 5 nitrogen and oxygen atoms in total. The molecule has 1 aliphatic heterocycles. The van der Waals surface area contributed by atoms with Gasteiger partial charge in [0.05, 0.1) is 24.9 Å². The van der Waals surface area contributed by atoms with Gasteiger partial charge in [-0.3, -0.25) is 0 Å². The van der Waals surface area contributed by atoms with Crippen LogP contribution in [0.25, 0.3) is 0 Å². The first-order chi connectivity index (χ1) is 19.4. The van der Waals surface area contributed by atoms with E-state index in [9.17, 15) is 10.2 Å². The van der Waals surface area contributed by atoms with Crippen molar-refractivity contribution in [1.29, 1.82) is 0 Å². The smallest absolute Gasteiger partial charge is 0.158 e. The van der Waals surface area contributed by atoms with Gasteiger partial charge in [-0.05, 0) is 96.9 Å². The minimum atomic E-state index is -0.769. The van der Waals surface area contributed by atoms with E-state index in [0.29, 0.717) is 37.7 Å². The summed E-state index contributed by atoms with van der Waals surface area (Å²) in [7, 11) is 1.52. The van der Waals surface area contributed by atoms with Crippen molar-refractivity contribution in [2.45, 2.75) is 82.4 Å². The number of aliphatic hydroxyl groups excluding tert-OH is 2. The van der Waals surface area contributed by atoms with Gasteiger partial charge in [-0.1, -0.05) is 60.1 Å². The van der Waals surface area contributed by atoms with Gasteiger partial charge in [0.2, 0.25) is 0 Å². The average Bonchev–Trinajstić information content (AvgIpc) is 2.94. The number of ether oxygens (including phenoxy) is 3. The van der Waals surface area contributed by atoms with Crippen LogP contribution in [0.4, 0.5) is 0 Å². The maximum Gasteiger partial charge on any atom is 0.158 e. The van der Waals surface area contributed by atoms with Gasteiger partial charge in [0, 0.05) is 25.0 Å². The summed E-state index contributed by atoms with van der Waals surface area (Å²) in [5, 5.41) is 21.3. The number of aliphatic hydroxyl groups is 2. The molecule has 3 aromatic carbocycles. The van der Waals surface area contributed by atoms with Crippen molar-refractivity contribution in [3.8, 4) is 5.75 Å². The molecule has 40 heavy (non-hydrogen) atoms. The third kappa shape index (κ3) is 7.26. The Morgan fingerprint density at radius 2 is 1.68 bits per heavy atom. The Morgan fingerprint density at radius 1 is 0.950 bits per heavy atom. The topological polar surface area (TPSA) is 68.2 Å². The highest BCUT2D eigenvalue weighted by molar-refractivity contribution is 6.31. The summed E-state index contributed by atoms with van der Waals surface area (Å²) in [4.78, 5) is 0. The second-order valence-corrected chi connectivity index (χ2v) is 11.7. The summed E-state index contributed by atoms with van der Waals surface area (Å²) in [5.74, 6) is 1.93. The Morgan fingerprint density at radius 3 is 2.35 bits per heavy atom. The maximum atomic E-state index is 10.8. The maximum absolute atomic E-state index is 10.8. The third-order valence-corrected chi connectivity index (χ3v) is 8.89. The van der Waals surface area contributed by atoms with Crippen LogP contribution in [0.2, 0.25) is 5.02 Å². The lowest BCUT2D eigenvalue weighted by atomic mass is 9.67. The fraction of sp³-hybridized carbons (Fsp3) is 0.471. The first-order valence-electron chi connectivity index (χ1n) is 14.5. The van der Waals surface area contributed by atoms with Crippen LogP contribution in [-0.4, -0.2) is 42.4 Å². The van der Waals surface area contributed by atoms with Crippen LogP contribution in [0.15, 0.2) is 66.7 Å². The van der Waals surface area contributed by atoms with Crippen molar-refractivity contribution >= 4 is 11.6 Å². The zero-order valence-electron chi connectivity index (χ0n) is 23.5. The molecule has 214 valence electrons. The molecule has 0 amide bonds. The highest BCUT2D eigenvalue weighted by Crippen LogP contribution is 2.47. The van der Waals surface area contributed by atoms with Gasteiger partial charge in [0.1, 0.15) is 5.75 Å². The number of hydrogen-bond donors (Lipinski definition) is 2. The van der Waals surface area contributed by atoms with E-state index in [4.69, 9.17) is 25.8 Å². The van der Waals surface area contributed by atoms with Crippen molar-refractivity contribution in [2.75, 3.05) is 13.7 Å². The van der Waals surface area contributed by atoms with E-state index >= 15 is 0 Å². The average molecular weight is 565 g/mol. The third-order valence-electron chi connectivity index (χ3n) is 8.52.